The molecule has 0 spiro atoms. The lowest BCUT2D eigenvalue weighted by atomic mass is 10.1. The van der Waals surface area contributed by atoms with Crippen LogP contribution in [0.15, 0.2) is 33.9 Å². The molecule has 1 aliphatic heterocycles. The number of nitrogens with one attached hydrogen (secondary N) is 2. The molecule has 0 aliphatic carbocycles. The quantitative estimate of drug-likeness (QED) is 0.217. The highest BCUT2D eigenvalue weighted by molar-refractivity contribution is 5.95. The van der Waals surface area contributed by atoms with Crippen LogP contribution in [0.1, 0.15) is 81.2 Å². The van der Waals surface area contributed by atoms with E-state index in [2.05, 4.69) is 10.6 Å². The molecular formula is C26H32N4O11. The summed E-state index contributed by atoms with van der Waals surface area (Å²) >= 11 is 0. The minimum Gasteiger partial charge on any atom is -0.477 e. The third-order valence-electron chi connectivity index (χ3n) is 6.16. The van der Waals surface area contributed by atoms with Crippen LogP contribution in [-0.4, -0.2) is 81.9 Å². The van der Waals surface area contributed by atoms with Crippen molar-refractivity contribution < 1.29 is 43.8 Å². The number of amides is 2. The van der Waals surface area contributed by atoms with Gasteiger partial charge in [-0.3, -0.25) is 19.2 Å². The summed E-state index contributed by atoms with van der Waals surface area (Å²) in [6.07, 6.45) is 2.56. The molecule has 2 atom stereocenters. The van der Waals surface area contributed by atoms with Crippen molar-refractivity contribution in [3.63, 3.8) is 0 Å². The molecule has 15 heteroatoms. The number of hydrogen-bond donors (Lipinski definition) is 4. The Morgan fingerprint density at radius 2 is 1.17 bits per heavy atom. The second-order valence-electron chi connectivity index (χ2n) is 9.14. The zero-order chi connectivity index (χ0) is 30.1. The fraction of sp³-hybridized carbons (Fsp3) is 0.462. The second kappa shape index (κ2) is 14.1. The van der Waals surface area contributed by atoms with Gasteiger partial charge in [-0.15, -0.1) is 9.46 Å². The van der Waals surface area contributed by atoms with Gasteiger partial charge in [0.2, 0.25) is 0 Å². The number of carboxylic acid groups (broad SMARTS) is 2. The van der Waals surface area contributed by atoms with Gasteiger partial charge in [0.15, 0.2) is 0 Å². The summed E-state index contributed by atoms with van der Waals surface area (Å²) in [5, 5.41) is 23.9. The van der Waals surface area contributed by atoms with E-state index in [0.29, 0.717) is 22.3 Å². The number of aromatic nitrogens is 2. The smallest absolute Gasteiger partial charge is 0.341 e. The standard InChI is InChI=1S/C26H32N4O11/c1-3-5-11-40-29-19(9-7-15(23(29)33)25(35)36)21(31)27-17-13-39-14-18(17)28-22(32)20-10-8-16(26(37)38)24(34)30(20)41-12-6-4-2/h7-10,17-18H,3-6,11-14H2,1-2H3,(H,27,31)(H,28,32)(H,35,36)(H,37,38)/t17-,18+. The zero-order valence-electron chi connectivity index (χ0n) is 22.6. The highest BCUT2D eigenvalue weighted by Gasteiger charge is 2.33. The number of hydrogen-bond acceptors (Lipinski definition) is 9. The van der Waals surface area contributed by atoms with Gasteiger partial charge in [0.05, 0.1) is 25.3 Å². The van der Waals surface area contributed by atoms with E-state index >= 15 is 0 Å². The molecule has 1 aliphatic rings. The summed E-state index contributed by atoms with van der Waals surface area (Å²) in [4.78, 5) is 85.3. The molecule has 222 valence electrons. The summed E-state index contributed by atoms with van der Waals surface area (Å²) in [6, 6.07) is 2.72. The van der Waals surface area contributed by atoms with Crippen molar-refractivity contribution in [3.05, 3.63) is 67.5 Å². The number of nitrogens with zero attached hydrogens (tertiary/aromatic N) is 2. The molecule has 2 aromatic heterocycles. The van der Waals surface area contributed by atoms with Crippen LogP contribution in [0.3, 0.4) is 0 Å². The molecule has 3 rings (SSSR count). The average Bonchev–Trinajstić information content (AvgIpc) is 3.35. The van der Waals surface area contributed by atoms with Gasteiger partial charge in [0.25, 0.3) is 22.9 Å². The zero-order valence-corrected chi connectivity index (χ0v) is 22.6. The highest BCUT2D eigenvalue weighted by Crippen LogP contribution is 2.10. The first kappa shape index (κ1) is 30.9. The molecule has 0 unspecified atom stereocenters. The van der Waals surface area contributed by atoms with Crippen LogP contribution in [0, 0.1) is 0 Å². The number of aromatic carboxylic acids is 2. The van der Waals surface area contributed by atoms with Crippen LogP contribution in [0.5, 0.6) is 0 Å². The molecule has 2 amide bonds. The molecule has 1 saturated heterocycles. The summed E-state index contributed by atoms with van der Waals surface area (Å²) in [5.74, 6) is -4.52. The van der Waals surface area contributed by atoms with Gasteiger partial charge in [-0.05, 0) is 37.1 Å². The van der Waals surface area contributed by atoms with E-state index in [-0.39, 0.29) is 37.8 Å². The maximum atomic E-state index is 13.1. The van der Waals surface area contributed by atoms with E-state index in [1.807, 2.05) is 13.8 Å². The number of carbonyl (C=O) groups is 4. The van der Waals surface area contributed by atoms with Gasteiger partial charge in [0, 0.05) is 0 Å². The third kappa shape index (κ3) is 7.30. The molecule has 0 radical (unpaired) electrons. The van der Waals surface area contributed by atoms with Crippen LogP contribution >= 0.6 is 0 Å². The highest BCUT2D eigenvalue weighted by atomic mass is 16.7. The first-order valence-corrected chi connectivity index (χ1v) is 13.0. The lowest BCUT2D eigenvalue weighted by Gasteiger charge is -2.22. The Labute approximate surface area is 233 Å². The SMILES string of the molecule is CCCCOn1c(C(=O)N[C@H]2COC[C@H]2NC(=O)c2ccc(C(=O)O)c(=O)n2OCCCC)ccc(C(=O)O)c1=O. The normalized spacial score (nSPS) is 16.1. The van der Waals surface area contributed by atoms with Crippen molar-refractivity contribution in [3.8, 4) is 0 Å². The van der Waals surface area contributed by atoms with Crippen LogP contribution in [-0.2, 0) is 4.74 Å². The molecule has 41 heavy (non-hydrogen) atoms. The number of carboxylic acids is 2. The Balaban J connectivity index is 1.82. The summed E-state index contributed by atoms with van der Waals surface area (Å²) in [6.45, 7) is 3.88. The van der Waals surface area contributed by atoms with Crippen molar-refractivity contribution in [2.45, 2.75) is 51.6 Å². The lowest BCUT2D eigenvalue weighted by Crippen LogP contribution is -2.52. The third-order valence-corrected chi connectivity index (χ3v) is 6.16. The monoisotopic (exact) mass is 576 g/mol. The first-order valence-electron chi connectivity index (χ1n) is 13.0. The number of pyridine rings is 2. The number of unbranched alkanes of at least 4 members (excludes halogenated alkanes) is 2. The van der Waals surface area contributed by atoms with E-state index in [9.17, 15) is 39.0 Å². The second-order valence-corrected chi connectivity index (χ2v) is 9.14. The summed E-state index contributed by atoms with van der Waals surface area (Å²) < 4.78 is 6.69. The van der Waals surface area contributed by atoms with Crippen LogP contribution in [0.4, 0.5) is 0 Å². The minimum absolute atomic E-state index is 0.0113. The van der Waals surface area contributed by atoms with E-state index in [4.69, 9.17) is 14.4 Å². The van der Waals surface area contributed by atoms with Crippen LogP contribution in [0.2, 0.25) is 0 Å². The van der Waals surface area contributed by atoms with Gasteiger partial charge in [-0.1, -0.05) is 26.7 Å². The Morgan fingerprint density at radius 3 is 1.51 bits per heavy atom. The van der Waals surface area contributed by atoms with E-state index < -0.39 is 58.1 Å². The minimum atomic E-state index is -1.48. The Kier molecular flexibility index (Phi) is 10.6. The first-order chi connectivity index (χ1) is 19.6. The van der Waals surface area contributed by atoms with Gasteiger partial charge in [-0.25, -0.2) is 9.59 Å². The van der Waals surface area contributed by atoms with Gasteiger partial charge in [-0.2, -0.15) is 0 Å². The predicted molar refractivity (Wildman–Crippen MR) is 141 cm³/mol. The molecule has 3 heterocycles. The molecule has 1 fully saturated rings. The van der Waals surface area contributed by atoms with Gasteiger partial charge >= 0.3 is 11.9 Å². The fourth-order valence-electron chi connectivity index (χ4n) is 3.88. The molecule has 4 N–H and O–H groups in total. The number of carbonyl (C=O) groups excluding carboxylic acids is 2. The molecule has 0 saturated carbocycles. The Bertz CT molecular complexity index is 1310. The fourth-order valence-corrected chi connectivity index (χ4v) is 3.88. The van der Waals surface area contributed by atoms with Crippen molar-refractivity contribution in [1.29, 1.82) is 0 Å². The van der Waals surface area contributed by atoms with E-state index in [1.54, 1.807) is 0 Å². The van der Waals surface area contributed by atoms with Crippen molar-refractivity contribution in [1.82, 2.24) is 20.1 Å². The predicted octanol–water partition coefficient (Wildman–Crippen LogP) is -0.209. The number of rotatable bonds is 14. The topological polar surface area (TPSA) is 204 Å². The van der Waals surface area contributed by atoms with Gasteiger partial charge in [0.1, 0.15) is 35.7 Å². The van der Waals surface area contributed by atoms with E-state index in [1.165, 1.54) is 0 Å². The summed E-state index contributed by atoms with van der Waals surface area (Å²) in [7, 11) is 0. The van der Waals surface area contributed by atoms with Crippen molar-refractivity contribution >= 4 is 23.8 Å². The molecule has 15 nitrogen and oxygen atoms in total. The molecule has 0 bridgehead atoms. The van der Waals surface area contributed by atoms with Crippen LogP contribution < -0.4 is 31.4 Å². The lowest BCUT2D eigenvalue weighted by molar-refractivity contribution is 0.0645. The summed E-state index contributed by atoms with van der Waals surface area (Å²) in [5.41, 5.74) is -3.69. The maximum Gasteiger partial charge on any atom is 0.341 e. The van der Waals surface area contributed by atoms with E-state index in [0.717, 1.165) is 37.1 Å². The Hall–Kier alpha value is -4.66. The molecule has 0 aromatic carbocycles. The maximum absolute atomic E-state index is 13.1. The number of ether oxygens (including phenoxy) is 1. The van der Waals surface area contributed by atoms with Crippen LogP contribution in [0.25, 0.3) is 0 Å². The Morgan fingerprint density at radius 1 is 0.780 bits per heavy atom. The largest absolute Gasteiger partial charge is 0.477 e. The van der Waals surface area contributed by atoms with Crippen molar-refractivity contribution in [2.24, 2.45) is 0 Å². The molecule has 2 aromatic rings. The average molecular weight is 577 g/mol. The van der Waals surface area contributed by atoms with Crippen molar-refractivity contribution in [2.75, 3.05) is 26.4 Å². The van der Waals surface area contributed by atoms with Gasteiger partial charge < -0.3 is 35.3 Å². The molecular weight excluding hydrogens is 544 g/mol.